The second-order valence-electron chi connectivity index (χ2n) is 2.50. The van der Waals surface area contributed by atoms with E-state index in [1.165, 1.54) is 0 Å². The van der Waals surface area contributed by atoms with Crippen LogP contribution in [0.2, 0.25) is 0 Å². The molecule has 0 saturated carbocycles. The van der Waals surface area contributed by atoms with Gasteiger partial charge in [0.25, 0.3) is 0 Å². The molecule has 0 heterocycles. The van der Waals surface area contributed by atoms with Crippen molar-refractivity contribution in [1.82, 2.24) is 5.32 Å². The maximum absolute atomic E-state index is 10.5. The van der Waals surface area contributed by atoms with E-state index in [0.29, 0.717) is 0 Å². The first-order valence-electron chi connectivity index (χ1n) is 3.63. The van der Waals surface area contributed by atoms with Gasteiger partial charge in [-0.05, 0) is 6.42 Å². The van der Waals surface area contributed by atoms with Crippen LogP contribution >= 0.6 is 0 Å². The van der Waals surface area contributed by atoms with E-state index in [0.717, 1.165) is 6.92 Å². The van der Waals surface area contributed by atoms with Crippen LogP contribution in [0.4, 0.5) is 0 Å². The van der Waals surface area contributed by atoms with Crippen LogP contribution in [0.25, 0.3) is 0 Å². The Morgan fingerprint density at radius 3 is 2.21 bits per heavy atom. The van der Waals surface area contributed by atoms with E-state index in [1.807, 2.05) is 0 Å². The van der Waals surface area contributed by atoms with Crippen LogP contribution < -0.4 is 40.0 Å². The molecule has 74 valence electrons. The second kappa shape index (κ2) is 7.78. The maximum atomic E-state index is 10.5. The number of hydrogen-bond donors (Lipinski definition) is 2. The van der Waals surface area contributed by atoms with E-state index in [-0.39, 0.29) is 42.4 Å². The van der Waals surface area contributed by atoms with Crippen molar-refractivity contribution < 1.29 is 54.2 Å². The first-order valence-corrected chi connectivity index (χ1v) is 3.63. The van der Waals surface area contributed by atoms with Gasteiger partial charge in [0.2, 0.25) is 5.91 Å². The maximum Gasteiger partial charge on any atom is 1.00 e. The third-order valence-corrected chi connectivity index (χ3v) is 1.31. The molecule has 0 aromatic rings. The Labute approximate surface area is 103 Å². The molecule has 0 aliphatic rings. The standard InChI is InChI=1S/C7H11NO5.Na/c1-4(9)8-5(7(12)13)2-3-6(10)11;/h5H,2-3H2,1H3,(H,8,9)(H,10,11)(H,12,13);/q;+1/p-1/t5-;/m0./s1. The van der Waals surface area contributed by atoms with Crippen molar-refractivity contribution in [2.45, 2.75) is 25.8 Å². The Hall–Kier alpha value is -0.590. The number of aliphatic carboxylic acids is 2. The van der Waals surface area contributed by atoms with E-state index in [2.05, 4.69) is 5.32 Å². The number of rotatable bonds is 5. The zero-order valence-corrected chi connectivity index (χ0v) is 10.1. The summed E-state index contributed by atoms with van der Waals surface area (Å²) in [4.78, 5) is 30.9. The number of hydrogen-bond acceptors (Lipinski definition) is 4. The van der Waals surface area contributed by atoms with Crippen LogP contribution in [0.1, 0.15) is 19.8 Å². The molecule has 0 rings (SSSR count). The number of carboxylic acid groups (broad SMARTS) is 2. The molecule has 0 spiro atoms. The SMILES string of the molecule is CC(=O)N[C@@H](CCC(=O)O)C(=O)[O-].[Na+]. The summed E-state index contributed by atoms with van der Waals surface area (Å²) in [5, 5.41) is 20.7. The fraction of sp³-hybridized carbons (Fsp3) is 0.571. The molecular formula is C7H10NNaO5. The van der Waals surface area contributed by atoms with Crippen LogP contribution in [-0.2, 0) is 14.4 Å². The molecular weight excluding hydrogens is 201 g/mol. The first-order chi connectivity index (χ1) is 5.93. The molecule has 0 saturated heterocycles. The van der Waals surface area contributed by atoms with E-state index >= 15 is 0 Å². The van der Waals surface area contributed by atoms with Crippen molar-refractivity contribution in [3.63, 3.8) is 0 Å². The molecule has 0 radical (unpaired) electrons. The van der Waals surface area contributed by atoms with Crippen LogP contribution in [0.3, 0.4) is 0 Å². The van der Waals surface area contributed by atoms with Gasteiger partial charge in [0.05, 0.1) is 12.0 Å². The largest absolute Gasteiger partial charge is 1.00 e. The van der Waals surface area contributed by atoms with Crippen LogP contribution in [0.5, 0.6) is 0 Å². The molecule has 0 bridgehead atoms. The number of amides is 1. The summed E-state index contributed by atoms with van der Waals surface area (Å²) in [6, 6.07) is -1.23. The number of carboxylic acids is 2. The summed E-state index contributed by atoms with van der Waals surface area (Å²) in [5.41, 5.74) is 0. The summed E-state index contributed by atoms with van der Waals surface area (Å²) in [6.07, 6.45) is -0.490. The molecule has 0 aliphatic heterocycles. The normalized spacial score (nSPS) is 10.9. The predicted molar refractivity (Wildman–Crippen MR) is 39.5 cm³/mol. The minimum absolute atomic E-state index is 0. The molecule has 7 heteroatoms. The molecule has 1 amide bonds. The molecule has 2 N–H and O–H groups in total. The monoisotopic (exact) mass is 211 g/mol. The van der Waals surface area contributed by atoms with Crippen LogP contribution in [-0.4, -0.2) is 29.0 Å². The minimum Gasteiger partial charge on any atom is -0.548 e. The molecule has 0 fully saturated rings. The third kappa shape index (κ3) is 8.03. The molecule has 14 heavy (non-hydrogen) atoms. The van der Waals surface area contributed by atoms with Gasteiger partial charge in [0.1, 0.15) is 0 Å². The van der Waals surface area contributed by atoms with Crippen molar-refractivity contribution >= 4 is 17.8 Å². The zero-order valence-electron chi connectivity index (χ0n) is 8.07. The summed E-state index contributed by atoms with van der Waals surface area (Å²) >= 11 is 0. The summed E-state index contributed by atoms with van der Waals surface area (Å²) in [6.45, 7) is 1.15. The van der Waals surface area contributed by atoms with E-state index in [1.54, 1.807) is 0 Å². The molecule has 0 aromatic carbocycles. The van der Waals surface area contributed by atoms with Gasteiger partial charge in [-0.3, -0.25) is 9.59 Å². The topological polar surface area (TPSA) is 107 Å². The zero-order chi connectivity index (χ0) is 10.4. The number of carbonyl (C=O) groups excluding carboxylic acids is 2. The smallest absolute Gasteiger partial charge is 0.548 e. The predicted octanol–water partition coefficient (Wildman–Crippen LogP) is -4.89. The van der Waals surface area contributed by atoms with E-state index in [9.17, 15) is 19.5 Å². The fourth-order valence-corrected chi connectivity index (χ4v) is 0.762. The first kappa shape index (κ1) is 15.9. The van der Waals surface area contributed by atoms with Crippen LogP contribution in [0, 0.1) is 0 Å². The summed E-state index contributed by atoms with van der Waals surface area (Å²) in [7, 11) is 0. The van der Waals surface area contributed by atoms with Crippen molar-refractivity contribution in [3.05, 3.63) is 0 Å². The van der Waals surface area contributed by atoms with E-state index < -0.39 is 23.9 Å². The number of nitrogens with one attached hydrogen (secondary N) is 1. The van der Waals surface area contributed by atoms with Gasteiger partial charge in [0.15, 0.2) is 0 Å². The Bertz CT molecular complexity index is 230. The van der Waals surface area contributed by atoms with Crippen molar-refractivity contribution in [3.8, 4) is 0 Å². The quantitative estimate of drug-likeness (QED) is 0.443. The summed E-state index contributed by atoms with van der Waals surface area (Å²) < 4.78 is 0. The Morgan fingerprint density at radius 2 is 1.93 bits per heavy atom. The minimum atomic E-state index is -1.48. The Morgan fingerprint density at radius 1 is 1.43 bits per heavy atom. The third-order valence-electron chi connectivity index (χ3n) is 1.31. The summed E-state index contributed by atoms with van der Waals surface area (Å²) in [5.74, 6) is -3.12. The molecule has 0 unspecified atom stereocenters. The van der Waals surface area contributed by atoms with Gasteiger partial charge in [-0.1, -0.05) is 0 Å². The average Bonchev–Trinajstić information content (AvgIpc) is 1.96. The Balaban J connectivity index is 0. The van der Waals surface area contributed by atoms with Crippen molar-refractivity contribution in [1.29, 1.82) is 0 Å². The van der Waals surface area contributed by atoms with Crippen molar-refractivity contribution in [2.24, 2.45) is 0 Å². The fourth-order valence-electron chi connectivity index (χ4n) is 0.762. The average molecular weight is 211 g/mol. The Kier molecular flexibility index (Phi) is 8.82. The second-order valence-corrected chi connectivity index (χ2v) is 2.50. The van der Waals surface area contributed by atoms with Gasteiger partial charge in [-0.15, -0.1) is 0 Å². The molecule has 1 atom stereocenters. The number of carbonyl (C=O) groups is 3. The molecule has 0 aromatic heterocycles. The van der Waals surface area contributed by atoms with Gasteiger partial charge < -0.3 is 20.3 Å². The molecule has 0 aliphatic carbocycles. The van der Waals surface area contributed by atoms with Crippen LogP contribution in [0.15, 0.2) is 0 Å². The van der Waals surface area contributed by atoms with E-state index in [4.69, 9.17) is 5.11 Å². The van der Waals surface area contributed by atoms with Crippen molar-refractivity contribution in [2.75, 3.05) is 0 Å². The van der Waals surface area contributed by atoms with Gasteiger partial charge in [0, 0.05) is 13.3 Å². The molecule has 6 nitrogen and oxygen atoms in total. The van der Waals surface area contributed by atoms with Gasteiger partial charge in [-0.25, -0.2) is 0 Å². The van der Waals surface area contributed by atoms with Gasteiger partial charge >= 0.3 is 35.5 Å². The van der Waals surface area contributed by atoms with Gasteiger partial charge in [-0.2, -0.15) is 0 Å².